The van der Waals surface area contributed by atoms with E-state index in [2.05, 4.69) is 14.2 Å². The summed E-state index contributed by atoms with van der Waals surface area (Å²) in [5, 5.41) is 27.9. The van der Waals surface area contributed by atoms with Crippen molar-refractivity contribution in [3.8, 4) is 17.2 Å². The summed E-state index contributed by atoms with van der Waals surface area (Å²) < 4.78 is 248. The zero-order valence-electron chi connectivity index (χ0n) is 26.3. The summed E-state index contributed by atoms with van der Waals surface area (Å²) in [6.45, 7) is -7.07. The smallest absolute Gasteiger partial charge is 0.429 e. The number of benzene rings is 3. The number of rotatable bonds is 12. The molecule has 0 heterocycles. The molecule has 6 nitrogen and oxygen atoms in total. The zero-order chi connectivity index (χ0) is 42.3. The second-order valence-electron chi connectivity index (χ2n) is 11.2. The van der Waals surface area contributed by atoms with Crippen LogP contribution in [0.5, 0.6) is 17.2 Å². The van der Waals surface area contributed by atoms with Crippen molar-refractivity contribution < 1.29 is 109 Å². The largest absolute Gasteiger partial charge is 0.490 e. The third kappa shape index (κ3) is 9.53. The van der Waals surface area contributed by atoms with Crippen LogP contribution in [0.15, 0.2) is 87.5 Å². The fraction of sp³-hybridized carbons (Fsp3) is 0.400. The summed E-state index contributed by atoms with van der Waals surface area (Å²) >= 11 is 0. The minimum atomic E-state index is -6.24. The molecule has 0 unspecified atom stereocenters. The predicted octanol–water partition coefficient (Wildman–Crippen LogP) is 8.49. The van der Waals surface area contributed by atoms with Crippen LogP contribution < -0.4 is 14.2 Å². The molecule has 0 aliphatic rings. The molecule has 0 fully saturated rings. The van der Waals surface area contributed by atoms with E-state index >= 15 is 0 Å². The normalized spacial score (nSPS) is 14.3. The standard InChI is InChI=1S/C30H21F18O6S/c31-25(32,33)22(49,26(34,35)36)13-52-16-1-7-19(8-2-16)55(20-9-3-17(4-10-20)53-14-23(50,27(37,38)39)28(40,41)42)21-11-5-18(6-12-21)54-15-24(51,29(43,44)45)30(46,47)48/h1-12,49-51H,13-15H2/q+1. The van der Waals surface area contributed by atoms with Crippen LogP contribution in [0.25, 0.3) is 0 Å². The van der Waals surface area contributed by atoms with E-state index in [0.29, 0.717) is 0 Å². The van der Waals surface area contributed by atoms with Gasteiger partial charge in [-0.1, -0.05) is 0 Å². The summed E-state index contributed by atoms with van der Waals surface area (Å²) in [7, 11) is -1.58. The molecule has 3 aromatic carbocycles. The van der Waals surface area contributed by atoms with E-state index in [1.807, 2.05) is 0 Å². The highest BCUT2D eigenvalue weighted by Crippen LogP contribution is 2.46. The molecule has 25 heteroatoms. The quantitative estimate of drug-likeness (QED) is 0.125. The van der Waals surface area contributed by atoms with Crippen molar-refractivity contribution in [3.05, 3.63) is 72.8 Å². The fourth-order valence-electron chi connectivity index (χ4n) is 3.96. The van der Waals surface area contributed by atoms with Gasteiger partial charge < -0.3 is 29.5 Å². The molecule has 3 N–H and O–H groups in total. The van der Waals surface area contributed by atoms with Gasteiger partial charge >= 0.3 is 37.1 Å². The van der Waals surface area contributed by atoms with Crippen molar-refractivity contribution in [2.75, 3.05) is 19.8 Å². The Bertz CT molecular complexity index is 1470. The molecule has 0 aliphatic heterocycles. The molecule has 0 saturated carbocycles. The summed E-state index contributed by atoms with van der Waals surface area (Å²) in [5.74, 6) is -2.01. The number of hydrogen-bond donors (Lipinski definition) is 3. The summed E-state index contributed by atoms with van der Waals surface area (Å²) in [6, 6.07) is 11.1. The van der Waals surface area contributed by atoms with Gasteiger partial charge in [-0.2, -0.15) is 79.0 Å². The van der Waals surface area contributed by atoms with Gasteiger partial charge in [0.05, 0.1) is 10.9 Å². The number of hydrogen-bond acceptors (Lipinski definition) is 6. The van der Waals surface area contributed by atoms with Gasteiger partial charge in [-0.25, -0.2) is 0 Å². The average Bonchev–Trinajstić information content (AvgIpc) is 3.03. The van der Waals surface area contributed by atoms with Crippen molar-refractivity contribution in [1.29, 1.82) is 0 Å². The van der Waals surface area contributed by atoms with Gasteiger partial charge in [-0.15, -0.1) is 0 Å². The van der Waals surface area contributed by atoms with E-state index in [9.17, 15) is 94.3 Å². The zero-order valence-corrected chi connectivity index (χ0v) is 27.1. The van der Waals surface area contributed by atoms with Crippen molar-refractivity contribution in [1.82, 2.24) is 0 Å². The monoisotopic (exact) mass is 851 g/mol. The predicted molar refractivity (Wildman–Crippen MR) is 149 cm³/mol. The van der Waals surface area contributed by atoms with Crippen molar-refractivity contribution in [3.63, 3.8) is 0 Å². The number of aliphatic hydroxyl groups is 3. The third-order valence-electron chi connectivity index (χ3n) is 7.34. The third-order valence-corrected chi connectivity index (χ3v) is 9.57. The van der Waals surface area contributed by atoms with Crippen LogP contribution in [0, 0.1) is 0 Å². The lowest BCUT2D eigenvalue weighted by Gasteiger charge is -2.31. The minimum absolute atomic E-state index is 0.0589. The van der Waals surface area contributed by atoms with Crippen LogP contribution in [-0.4, -0.2) is 89.0 Å². The first-order valence-electron chi connectivity index (χ1n) is 14.2. The van der Waals surface area contributed by atoms with Crippen LogP contribution in [0.1, 0.15) is 0 Å². The van der Waals surface area contributed by atoms with E-state index in [0.717, 1.165) is 72.8 Å². The molecule has 0 aliphatic carbocycles. The molecule has 0 saturated heterocycles. The summed E-state index contributed by atoms with van der Waals surface area (Å²) in [6.07, 6.45) is -37.4. The Morgan fingerprint density at radius 3 is 0.636 bits per heavy atom. The van der Waals surface area contributed by atoms with Gasteiger partial charge in [0.2, 0.25) is 0 Å². The van der Waals surface area contributed by atoms with E-state index in [1.165, 1.54) is 0 Å². The van der Waals surface area contributed by atoms with Crippen LogP contribution in [0.4, 0.5) is 79.0 Å². The van der Waals surface area contributed by atoms with Gasteiger partial charge in [0.1, 0.15) is 37.1 Å². The highest BCUT2D eigenvalue weighted by molar-refractivity contribution is 7.97. The first-order valence-corrected chi connectivity index (χ1v) is 15.4. The van der Waals surface area contributed by atoms with Gasteiger partial charge in [-0.05, 0) is 72.8 Å². The first kappa shape index (κ1) is 45.4. The maximum atomic E-state index is 13.0. The lowest BCUT2D eigenvalue weighted by molar-refractivity contribution is -0.374. The highest BCUT2D eigenvalue weighted by atomic mass is 32.2. The van der Waals surface area contributed by atoms with Crippen LogP contribution in [0.3, 0.4) is 0 Å². The van der Waals surface area contributed by atoms with Crippen LogP contribution in [-0.2, 0) is 10.9 Å². The SMILES string of the molecule is OC(COc1ccc([S+](c2ccc(OCC(O)(C(F)(F)F)C(F)(F)F)cc2)c2ccc(OCC(O)(C(F)(F)F)C(F)(F)F)cc2)cc1)(C(F)(F)F)C(F)(F)F. The van der Waals surface area contributed by atoms with Crippen molar-refractivity contribution in [2.45, 2.75) is 68.5 Å². The molecule has 3 rings (SSSR count). The molecule has 308 valence electrons. The summed E-state index contributed by atoms with van der Waals surface area (Å²) in [5.41, 5.74) is -15.9. The number of alkyl halides is 18. The molecule has 55 heavy (non-hydrogen) atoms. The number of ether oxygens (including phenoxy) is 3. The topological polar surface area (TPSA) is 88.4 Å². The molecule has 0 bridgehead atoms. The van der Waals surface area contributed by atoms with Gasteiger partial charge in [-0.3, -0.25) is 0 Å². The molecule has 0 amide bonds. The molecular weight excluding hydrogens is 830 g/mol. The highest BCUT2D eigenvalue weighted by Gasteiger charge is 2.73. The van der Waals surface area contributed by atoms with E-state index in [-0.39, 0.29) is 14.7 Å². The van der Waals surface area contributed by atoms with E-state index < -0.39 is 102 Å². The molecule has 0 radical (unpaired) electrons. The Labute approximate surface area is 298 Å². The van der Waals surface area contributed by atoms with Crippen LogP contribution >= 0.6 is 0 Å². The Kier molecular flexibility index (Phi) is 12.5. The van der Waals surface area contributed by atoms with Crippen LogP contribution in [0.2, 0.25) is 0 Å². The van der Waals surface area contributed by atoms with Gasteiger partial charge in [0.25, 0.3) is 16.8 Å². The Morgan fingerprint density at radius 1 is 0.327 bits per heavy atom. The van der Waals surface area contributed by atoms with Gasteiger partial charge in [0.15, 0.2) is 14.7 Å². The molecule has 0 atom stereocenters. The second kappa shape index (κ2) is 15.2. The Morgan fingerprint density at radius 2 is 0.491 bits per heavy atom. The van der Waals surface area contributed by atoms with E-state index in [4.69, 9.17) is 0 Å². The Balaban J connectivity index is 1.99. The average molecular weight is 852 g/mol. The lowest BCUT2D eigenvalue weighted by atomic mass is 10.0. The molecular formula is C30H21F18O6S+. The fourth-order valence-corrected chi connectivity index (χ4v) is 6.00. The maximum Gasteiger partial charge on any atom is 0.429 e. The van der Waals surface area contributed by atoms with Crippen molar-refractivity contribution in [2.24, 2.45) is 0 Å². The molecule has 0 aromatic heterocycles. The van der Waals surface area contributed by atoms with E-state index in [1.54, 1.807) is 0 Å². The maximum absolute atomic E-state index is 13.0. The Hall–Kier alpha value is -3.97. The number of halogens is 18. The van der Waals surface area contributed by atoms with Crippen molar-refractivity contribution >= 4 is 10.9 Å². The second-order valence-corrected chi connectivity index (χ2v) is 13.2. The first-order chi connectivity index (χ1) is 24.7. The molecule has 3 aromatic rings. The minimum Gasteiger partial charge on any atom is -0.490 e. The lowest BCUT2D eigenvalue weighted by Crippen LogP contribution is -2.60. The summed E-state index contributed by atoms with van der Waals surface area (Å²) in [4.78, 5) is 0.177. The molecule has 0 spiro atoms. The van der Waals surface area contributed by atoms with Gasteiger partial charge in [0, 0.05) is 0 Å².